The molecule has 4 nitrogen and oxygen atoms in total. The van der Waals surface area contributed by atoms with Crippen LogP contribution in [0.5, 0.6) is 0 Å². The third-order valence-electron chi connectivity index (χ3n) is 2.55. The van der Waals surface area contributed by atoms with Crippen molar-refractivity contribution in [1.29, 1.82) is 0 Å². The van der Waals surface area contributed by atoms with E-state index in [2.05, 4.69) is 5.32 Å². The average molecular weight is 317 g/mol. The van der Waals surface area contributed by atoms with Gasteiger partial charge in [0.05, 0.1) is 11.5 Å². The number of nitrogens with one attached hydrogen (secondary N) is 1. The highest BCUT2D eigenvalue weighted by atomic mass is 35.5. The number of carbonyl (C=O) groups excluding carboxylic acids is 2. The normalized spacial score (nSPS) is 10.6. The fourth-order valence-electron chi connectivity index (χ4n) is 1.41. The van der Waals surface area contributed by atoms with E-state index in [4.69, 9.17) is 5.73 Å². The molecule has 3 N–H and O–H groups in total. The first-order chi connectivity index (χ1) is 8.94. The maximum atomic E-state index is 11.8. The lowest BCUT2D eigenvalue weighted by molar-refractivity contribution is -0.120. The van der Waals surface area contributed by atoms with Gasteiger partial charge in [-0.25, -0.2) is 0 Å². The number of hydrogen-bond acceptors (Lipinski definition) is 4. The Labute approximate surface area is 130 Å². The predicted molar refractivity (Wildman–Crippen MR) is 86.6 cm³/mol. The van der Waals surface area contributed by atoms with Gasteiger partial charge < -0.3 is 11.1 Å². The van der Waals surface area contributed by atoms with E-state index < -0.39 is 5.54 Å². The van der Waals surface area contributed by atoms with Crippen LogP contribution in [0.2, 0.25) is 0 Å². The lowest BCUT2D eigenvalue weighted by atomic mass is 10.1. The SMILES string of the molecule is CC(C)(CN)NC(=O)CSCC(=O)c1ccccc1.Cl. The highest BCUT2D eigenvalue weighted by Crippen LogP contribution is 2.08. The molecule has 0 saturated heterocycles. The van der Waals surface area contributed by atoms with Gasteiger partial charge in [0.25, 0.3) is 0 Å². The molecular formula is C14H21ClN2O2S. The standard InChI is InChI=1S/C14H20N2O2S.ClH/c1-14(2,10-15)16-13(18)9-19-8-12(17)11-6-4-3-5-7-11;/h3-7H,8-10,15H2,1-2H3,(H,16,18);1H. The van der Waals surface area contributed by atoms with E-state index in [1.807, 2.05) is 32.0 Å². The van der Waals surface area contributed by atoms with Gasteiger partial charge in [-0.3, -0.25) is 9.59 Å². The molecule has 0 heterocycles. The highest BCUT2D eigenvalue weighted by Gasteiger charge is 2.18. The summed E-state index contributed by atoms with van der Waals surface area (Å²) in [6, 6.07) is 9.08. The highest BCUT2D eigenvalue weighted by molar-refractivity contribution is 8.00. The summed E-state index contributed by atoms with van der Waals surface area (Å²) in [5.41, 5.74) is 5.81. The summed E-state index contributed by atoms with van der Waals surface area (Å²) >= 11 is 1.31. The first-order valence-corrected chi connectivity index (χ1v) is 7.27. The molecule has 112 valence electrons. The number of nitrogens with two attached hydrogens (primary N) is 1. The second-order valence-corrected chi connectivity index (χ2v) is 5.90. The molecule has 20 heavy (non-hydrogen) atoms. The van der Waals surface area contributed by atoms with Gasteiger partial charge >= 0.3 is 0 Å². The average Bonchev–Trinajstić information content (AvgIpc) is 2.39. The molecule has 0 aromatic heterocycles. The molecule has 0 aliphatic heterocycles. The van der Waals surface area contributed by atoms with Crippen molar-refractivity contribution >= 4 is 35.9 Å². The minimum Gasteiger partial charge on any atom is -0.349 e. The van der Waals surface area contributed by atoms with Gasteiger partial charge in [0, 0.05) is 17.6 Å². The molecule has 1 amide bonds. The fraction of sp³-hybridized carbons (Fsp3) is 0.429. The number of thioether (sulfide) groups is 1. The molecule has 0 unspecified atom stereocenters. The van der Waals surface area contributed by atoms with Crippen LogP contribution in [0.15, 0.2) is 30.3 Å². The van der Waals surface area contributed by atoms with E-state index in [-0.39, 0.29) is 29.9 Å². The Morgan fingerprint density at radius 1 is 1.20 bits per heavy atom. The first-order valence-electron chi connectivity index (χ1n) is 6.12. The summed E-state index contributed by atoms with van der Waals surface area (Å²) in [6.45, 7) is 4.11. The van der Waals surface area contributed by atoms with E-state index in [1.165, 1.54) is 11.8 Å². The molecular weight excluding hydrogens is 296 g/mol. The van der Waals surface area contributed by atoms with Crippen LogP contribution in [0, 0.1) is 0 Å². The number of amides is 1. The lowest BCUT2D eigenvalue weighted by Crippen LogP contribution is -2.49. The maximum Gasteiger partial charge on any atom is 0.230 e. The zero-order valence-corrected chi connectivity index (χ0v) is 13.4. The summed E-state index contributed by atoms with van der Waals surface area (Å²) in [7, 11) is 0. The summed E-state index contributed by atoms with van der Waals surface area (Å²) in [6.07, 6.45) is 0. The van der Waals surface area contributed by atoms with Gasteiger partial charge in [0.2, 0.25) is 5.91 Å². The topological polar surface area (TPSA) is 72.2 Å². The van der Waals surface area contributed by atoms with Crippen LogP contribution in [0.3, 0.4) is 0 Å². The van der Waals surface area contributed by atoms with Crippen molar-refractivity contribution in [2.45, 2.75) is 19.4 Å². The molecule has 0 saturated carbocycles. The van der Waals surface area contributed by atoms with Crippen molar-refractivity contribution in [3.8, 4) is 0 Å². The summed E-state index contributed by atoms with van der Waals surface area (Å²) < 4.78 is 0. The van der Waals surface area contributed by atoms with E-state index in [9.17, 15) is 9.59 Å². The van der Waals surface area contributed by atoms with Crippen molar-refractivity contribution in [2.75, 3.05) is 18.1 Å². The second-order valence-electron chi connectivity index (χ2n) is 4.92. The van der Waals surface area contributed by atoms with Crippen LogP contribution in [0.25, 0.3) is 0 Å². The molecule has 0 bridgehead atoms. The third kappa shape index (κ3) is 6.93. The molecule has 0 atom stereocenters. The molecule has 0 spiro atoms. The second kappa shape index (κ2) is 9.00. The molecule has 1 aromatic rings. The van der Waals surface area contributed by atoms with Crippen LogP contribution in [-0.2, 0) is 4.79 Å². The van der Waals surface area contributed by atoms with E-state index in [0.29, 0.717) is 17.9 Å². The number of carbonyl (C=O) groups is 2. The van der Waals surface area contributed by atoms with Gasteiger partial charge in [0.15, 0.2) is 5.78 Å². The Kier molecular flexibility index (Phi) is 8.53. The Balaban J connectivity index is 0.00000361. The molecule has 0 radical (unpaired) electrons. The van der Waals surface area contributed by atoms with E-state index in [1.54, 1.807) is 12.1 Å². The summed E-state index contributed by atoms with van der Waals surface area (Å²) in [5, 5.41) is 2.82. The van der Waals surface area contributed by atoms with Crippen molar-refractivity contribution in [3.05, 3.63) is 35.9 Å². The van der Waals surface area contributed by atoms with Gasteiger partial charge in [-0.05, 0) is 13.8 Å². The zero-order chi connectivity index (χ0) is 14.3. The Morgan fingerprint density at radius 2 is 1.80 bits per heavy atom. The Bertz CT molecular complexity index is 438. The molecule has 0 aliphatic carbocycles. The van der Waals surface area contributed by atoms with Crippen molar-refractivity contribution < 1.29 is 9.59 Å². The quantitative estimate of drug-likeness (QED) is 0.753. The van der Waals surface area contributed by atoms with Crippen LogP contribution in [0.1, 0.15) is 24.2 Å². The predicted octanol–water partition coefficient (Wildman–Crippen LogP) is 1.88. The van der Waals surface area contributed by atoms with Crippen LogP contribution in [-0.4, -0.2) is 35.3 Å². The number of benzene rings is 1. The van der Waals surface area contributed by atoms with Gasteiger partial charge in [-0.2, -0.15) is 0 Å². The molecule has 0 fully saturated rings. The molecule has 0 aliphatic rings. The Morgan fingerprint density at radius 3 is 2.35 bits per heavy atom. The smallest absolute Gasteiger partial charge is 0.230 e. The van der Waals surface area contributed by atoms with E-state index in [0.717, 1.165) is 0 Å². The van der Waals surface area contributed by atoms with Crippen molar-refractivity contribution in [3.63, 3.8) is 0 Å². The van der Waals surface area contributed by atoms with Crippen LogP contribution >= 0.6 is 24.2 Å². The number of rotatable bonds is 7. The molecule has 1 rings (SSSR count). The van der Waals surface area contributed by atoms with Gasteiger partial charge in [0.1, 0.15) is 0 Å². The van der Waals surface area contributed by atoms with Crippen LogP contribution in [0.4, 0.5) is 0 Å². The first kappa shape index (κ1) is 19.0. The third-order valence-corrected chi connectivity index (χ3v) is 3.48. The van der Waals surface area contributed by atoms with Gasteiger partial charge in [-0.1, -0.05) is 30.3 Å². The summed E-state index contributed by atoms with van der Waals surface area (Å²) in [5.74, 6) is 0.514. The monoisotopic (exact) mass is 316 g/mol. The minimum atomic E-state index is -0.402. The van der Waals surface area contributed by atoms with E-state index >= 15 is 0 Å². The minimum absolute atomic E-state index is 0. The van der Waals surface area contributed by atoms with Crippen LogP contribution < -0.4 is 11.1 Å². The maximum absolute atomic E-state index is 11.8. The summed E-state index contributed by atoms with van der Waals surface area (Å²) in [4.78, 5) is 23.4. The number of halogens is 1. The largest absolute Gasteiger partial charge is 0.349 e. The Hall–Kier alpha value is -1.04. The zero-order valence-electron chi connectivity index (χ0n) is 11.7. The number of hydrogen-bond donors (Lipinski definition) is 2. The lowest BCUT2D eigenvalue weighted by Gasteiger charge is -2.23. The number of Topliss-reactive ketones (excluding diaryl/α,β-unsaturated/α-hetero) is 1. The number of ketones is 1. The van der Waals surface area contributed by atoms with Crippen molar-refractivity contribution in [1.82, 2.24) is 5.32 Å². The van der Waals surface area contributed by atoms with Crippen molar-refractivity contribution in [2.24, 2.45) is 5.73 Å². The van der Waals surface area contributed by atoms with Gasteiger partial charge in [-0.15, -0.1) is 24.2 Å². The fourth-order valence-corrected chi connectivity index (χ4v) is 2.12. The molecule has 1 aromatic carbocycles. The molecule has 6 heteroatoms.